The SMILES string of the molecule is CNC(C(N)=O)C(C)N. The molecule has 0 aromatic carbocycles. The van der Waals surface area contributed by atoms with E-state index in [9.17, 15) is 4.79 Å². The molecule has 0 spiro atoms. The fourth-order valence-electron chi connectivity index (χ4n) is 0.664. The normalized spacial score (nSPS) is 16.8. The van der Waals surface area contributed by atoms with Crippen LogP contribution in [0.25, 0.3) is 0 Å². The lowest BCUT2D eigenvalue weighted by molar-refractivity contribution is -0.120. The van der Waals surface area contributed by atoms with Crippen LogP contribution in [0.4, 0.5) is 0 Å². The number of primary amides is 1. The third kappa shape index (κ3) is 2.43. The number of carbonyl (C=O) groups excluding carboxylic acids is 1. The molecule has 0 bridgehead atoms. The van der Waals surface area contributed by atoms with Crippen molar-refractivity contribution < 1.29 is 4.79 Å². The first-order chi connectivity index (χ1) is 4.09. The van der Waals surface area contributed by atoms with Gasteiger partial charge in [-0.2, -0.15) is 0 Å². The van der Waals surface area contributed by atoms with E-state index in [1.807, 2.05) is 0 Å². The van der Waals surface area contributed by atoms with Crippen LogP contribution in [-0.4, -0.2) is 25.0 Å². The molecule has 0 aromatic rings. The average Bonchev–Trinajstić information content (AvgIpc) is 1.64. The highest BCUT2D eigenvalue weighted by molar-refractivity contribution is 5.80. The summed E-state index contributed by atoms with van der Waals surface area (Å²) in [6.07, 6.45) is 0. The maximum Gasteiger partial charge on any atom is 0.236 e. The Kier molecular flexibility index (Phi) is 3.19. The van der Waals surface area contributed by atoms with Gasteiger partial charge in [0.1, 0.15) is 6.04 Å². The van der Waals surface area contributed by atoms with E-state index in [0.29, 0.717) is 0 Å². The van der Waals surface area contributed by atoms with Crippen LogP contribution in [0.1, 0.15) is 6.92 Å². The van der Waals surface area contributed by atoms with Crippen molar-refractivity contribution in [1.29, 1.82) is 0 Å². The summed E-state index contributed by atoms with van der Waals surface area (Å²) in [5.41, 5.74) is 10.4. The Bertz CT molecular complexity index is 102. The molecule has 0 radical (unpaired) electrons. The fourth-order valence-corrected chi connectivity index (χ4v) is 0.664. The second-order valence-corrected chi connectivity index (χ2v) is 2.03. The van der Waals surface area contributed by atoms with Gasteiger partial charge in [0.25, 0.3) is 0 Å². The van der Waals surface area contributed by atoms with Crippen LogP contribution in [0.5, 0.6) is 0 Å². The molecular weight excluding hydrogens is 118 g/mol. The van der Waals surface area contributed by atoms with Gasteiger partial charge in [-0.25, -0.2) is 0 Å². The molecule has 4 heteroatoms. The van der Waals surface area contributed by atoms with Crippen LogP contribution in [0.3, 0.4) is 0 Å². The molecule has 0 saturated carbocycles. The predicted molar refractivity (Wildman–Crippen MR) is 35.7 cm³/mol. The minimum atomic E-state index is -0.412. The summed E-state index contributed by atoms with van der Waals surface area (Å²) in [6, 6.07) is -0.641. The zero-order valence-corrected chi connectivity index (χ0v) is 5.72. The Morgan fingerprint density at radius 1 is 1.67 bits per heavy atom. The summed E-state index contributed by atoms with van der Waals surface area (Å²) < 4.78 is 0. The van der Waals surface area contributed by atoms with E-state index in [4.69, 9.17) is 11.5 Å². The van der Waals surface area contributed by atoms with Crippen LogP contribution >= 0.6 is 0 Å². The summed E-state index contributed by atoms with van der Waals surface area (Å²) in [4.78, 5) is 10.5. The van der Waals surface area contributed by atoms with Gasteiger partial charge in [0.15, 0.2) is 0 Å². The smallest absolute Gasteiger partial charge is 0.236 e. The topological polar surface area (TPSA) is 81.1 Å². The molecule has 9 heavy (non-hydrogen) atoms. The fraction of sp³-hybridized carbons (Fsp3) is 0.800. The summed E-state index contributed by atoms with van der Waals surface area (Å²) in [7, 11) is 1.65. The van der Waals surface area contributed by atoms with Gasteiger partial charge < -0.3 is 16.8 Å². The number of likely N-dealkylation sites (N-methyl/N-ethyl adjacent to an activating group) is 1. The Balaban J connectivity index is 3.83. The van der Waals surface area contributed by atoms with Crippen LogP contribution < -0.4 is 16.8 Å². The summed E-state index contributed by atoms with van der Waals surface area (Å²) >= 11 is 0. The molecule has 54 valence electrons. The lowest BCUT2D eigenvalue weighted by atomic mass is 10.1. The van der Waals surface area contributed by atoms with Gasteiger partial charge in [-0.3, -0.25) is 4.79 Å². The van der Waals surface area contributed by atoms with Gasteiger partial charge in [0, 0.05) is 6.04 Å². The first-order valence-electron chi connectivity index (χ1n) is 2.81. The van der Waals surface area contributed by atoms with E-state index in [1.54, 1.807) is 14.0 Å². The lowest BCUT2D eigenvalue weighted by Crippen LogP contribution is -2.50. The van der Waals surface area contributed by atoms with Gasteiger partial charge in [-0.1, -0.05) is 0 Å². The number of amides is 1. The maximum absolute atomic E-state index is 10.5. The quantitative estimate of drug-likeness (QED) is 0.432. The number of rotatable bonds is 3. The second-order valence-electron chi connectivity index (χ2n) is 2.03. The van der Waals surface area contributed by atoms with Crippen molar-refractivity contribution in [3.63, 3.8) is 0 Å². The summed E-state index contributed by atoms with van der Waals surface area (Å²) in [6.45, 7) is 1.73. The number of nitrogens with one attached hydrogen (secondary N) is 1. The molecule has 2 unspecified atom stereocenters. The third-order valence-corrected chi connectivity index (χ3v) is 1.14. The van der Waals surface area contributed by atoms with Crippen LogP contribution in [-0.2, 0) is 4.79 Å². The first-order valence-corrected chi connectivity index (χ1v) is 2.81. The van der Waals surface area contributed by atoms with Crippen LogP contribution in [0.2, 0.25) is 0 Å². The highest BCUT2D eigenvalue weighted by Gasteiger charge is 2.16. The molecule has 0 aliphatic carbocycles. The van der Waals surface area contributed by atoms with Crippen molar-refractivity contribution in [1.82, 2.24) is 5.32 Å². The molecule has 5 N–H and O–H groups in total. The van der Waals surface area contributed by atoms with Crippen LogP contribution in [0.15, 0.2) is 0 Å². The Hall–Kier alpha value is -0.610. The minimum absolute atomic E-state index is 0.229. The van der Waals surface area contributed by atoms with Crippen molar-refractivity contribution in [2.24, 2.45) is 11.5 Å². The Labute approximate surface area is 54.6 Å². The van der Waals surface area contributed by atoms with E-state index in [0.717, 1.165) is 0 Å². The Morgan fingerprint density at radius 3 is 2.11 bits per heavy atom. The van der Waals surface area contributed by atoms with Crippen LogP contribution in [0, 0.1) is 0 Å². The zero-order chi connectivity index (χ0) is 7.44. The molecule has 0 aromatic heterocycles. The van der Waals surface area contributed by atoms with Crippen molar-refractivity contribution in [3.05, 3.63) is 0 Å². The average molecular weight is 131 g/mol. The number of hydrogen-bond donors (Lipinski definition) is 3. The van der Waals surface area contributed by atoms with Gasteiger partial charge in [0.2, 0.25) is 5.91 Å². The molecule has 2 atom stereocenters. The molecule has 0 rings (SSSR count). The Morgan fingerprint density at radius 2 is 2.11 bits per heavy atom. The first kappa shape index (κ1) is 8.39. The van der Waals surface area contributed by atoms with E-state index >= 15 is 0 Å². The molecular formula is C5H13N3O. The van der Waals surface area contributed by atoms with Crippen molar-refractivity contribution in [3.8, 4) is 0 Å². The molecule has 0 saturated heterocycles. The molecule has 0 fully saturated rings. The molecule has 0 heterocycles. The largest absolute Gasteiger partial charge is 0.368 e. The van der Waals surface area contributed by atoms with Crippen molar-refractivity contribution in [2.75, 3.05) is 7.05 Å². The van der Waals surface area contributed by atoms with Crippen molar-refractivity contribution >= 4 is 5.91 Å². The standard InChI is InChI=1S/C5H13N3O/c1-3(6)4(8-2)5(7)9/h3-4,8H,6H2,1-2H3,(H2,7,9). The lowest BCUT2D eigenvalue weighted by Gasteiger charge is -2.14. The number of hydrogen-bond acceptors (Lipinski definition) is 3. The van der Waals surface area contributed by atoms with E-state index in [1.165, 1.54) is 0 Å². The maximum atomic E-state index is 10.5. The van der Waals surface area contributed by atoms with Crippen molar-refractivity contribution in [2.45, 2.75) is 19.0 Å². The van der Waals surface area contributed by atoms with Gasteiger partial charge in [-0.15, -0.1) is 0 Å². The zero-order valence-electron chi connectivity index (χ0n) is 5.72. The monoisotopic (exact) mass is 131 g/mol. The molecule has 0 aliphatic heterocycles. The third-order valence-electron chi connectivity index (χ3n) is 1.14. The molecule has 1 amide bonds. The summed E-state index contributed by atoms with van der Waals surface area (Å²) in [5.74, 6) is -0.410. The number of nitrogens with two attached hydrogens (primary N) is 2. The summed E-state index contributed by atoms with van der Waals surface area (Å²) in [5, 5.41) is 2.70. The van der Waals surface area contributed by atoms with E-state index in [-0.39, 0.29) is 6.04 Å². The van der Waals surface area contributed by atoms with Gasteiger partial charge >= 0.3 is 0 Å². The predicted octanol–water partition coefficient (Wildman–Crippen LogP) is -1.59. The number of carbonyl (C=O) groups is 1. The van der Waals surface area contributed by atoms with E-state index in [2.05, 4.69) is 5.32 Å². The van der Waals surface area contributed by atoms with E-state index < -0.39 is 11.9 Å². The highest BCUT2D eigenvalue weighted by atomic mass is 16.1. The van der Waals surface area contributed by atoms with Gasteiger partial charge in [-0.05, 0) is 14.0 Å². The molecule has 0 aliphatic rings. The highest BCUT2D eigenvalue weighted by Crippen LogP contribution is 1.85. The second kappa shape index (κ2) is 3.42. The van der Waals surface area contributed by atoms with Gasteiger partial charge in [0.05, 0.1) is 0 Å². The minimum Gasteiger partial charge on any atom is -0.368 e. The molecule has 4 nitrogen and oxygen atoms in total.